The van der Waals surface area contributed by atoms with Crippen LogP contribution in [0.5, 0.6) is 0 Å². The fourth-order valence-corrected chi connectivity index (χ4v) is 4.31. The topological polar surface area (TPSA) is 59.1 Å². The van der Waals surface area contributed by atoms with Crippen LogP contribution in [0.3, 0.4) is 0 Å². The molecular formula is C14H11BrN2O2S2. The number of benzene rings is 2. The van der Waals surface area contributed by atoms with Crippen LogP contribution < -0.4 is 4.72 Å². The molecule has 0 unspecified atom stereocenters. The molecule has 0 aliphatic heterocycles. The first kappa shape index (κ1) is 14.5. The lowest BCUT2D eigenvalue weighted by atomic mass is 10.2. The van der Waals surface area contributed by atoms with Crippen molar-refractivity contribution in [3.05, 3.63) is 52.5 Å². The maximum atomic E-state index is 12.4. The lowest BCUT2D eigenvalue weighted by Gasteiger charge is -2.06. The van der Waals surface area contributed by atoms with Gasteiger partial charge in [-0.05, 0) is 42.8 Å². The number of aromatic nitrogens is 1. The molecule has 0 amide bonds. The van der Waals surface area contributed by atoms with E-state index in [9.17, 15) is 8.42 Å². The van der Waals surface area contributed by atoms with E-state index in [1.165, 1.54) is 11.3 Å². The SMILES string of the molecule is Cc1cc(S(=O)(=O)Nc2nc3ccccc3s2)ccc1Br. The van der Waals surface area contributed by atoms with Crippen LogP contribution in [0.25, 0.3) is 10.2 Å². The number of hydrogen-bond donors (Lipinski definition) is 1. The lowest BCUT2D eigenvalue weighted by Crippen LogP contribution is -2.12. The summed E-state index contributed by atoms with van der Waals surface area (Å²) < 4.78 is 29.1. The normalized spacial score (nSPS) is 11.7. The van der Waals surface area contributed by atoms with Crippen molar-refractivity contribution in [2.75, 3.05) is 4.72 Å². The highest BCUT2D eigenvalue weighted by Crippen LogP contribution is 2.28. The first-order valence-electron chi connectivity index (χ1n) is 6.10. The Morgan fingerprint density at radius 1 is 1.19 bits per heavy atom. The average molecular weight is 383 g/mol. The minimum absolute atomic E-state index is 0.224. The highest BCUT2D eigenvalue weighted by molar-refractivity contribution is 9.10. The Hall–Kier alpha value is -1.44. The van der Waals surface area contributed by atoms with Gasteiger partial charge in [-0.25, -0.2) is 13.4 Å². The van der Waals surface area contributed by atoms with Gasteiger partial charge in [0.2, 0.25) is 0 Å². The zero-order valence-corrected chi connectivity index (χ0v) is 14.2. The number of halogens is 1. The van der Waals surface area contributed by atoms with Gasteiger partial charge >= 0.3 is 0 Å². The van der Waals surface area contributed by atoms with Crippen molar-refractivity contribution >= 4 is 52.6 Å². The summed E-state index contributed by atoms with van der Waals surface area (Å²) in [5, 5.41) is 0.372. The second kappa shape index (κ2) is 5.40. The molecule has 21 heavy (non-hydrogen) atoms. The van der Waals surface area contributed by atoms with E-state index in [4.69, 9.17) is 0 Å². The Labute approximate surface area is 135 Å². The average Bonchev–Trinajstić information content (AvgIpc) is 2.82. The van der Waals surface area contributed by atoms with Crippen molar-refractivity contribution in [3.63, 3.8) is 0 Å². The van der Waals surface area contributed by atoms with Crippen LogP contribution in [-0.2, 0) is 10.0 Å². The number of fused-ring (bicyclic) bond motifs is 1. The van der Waals surface area contributed by atoms with E-state index in [1.807, 2.05) is 31.2 Å². The lowest BCUT2D eigenvalue weighted by molar-refractivity contribution is 0.601. The number of thiazole rings is 1. The number of anilines is 1. The van der Waals surface area contributed by atoms with Crippen LogP contribution >= 0.6 is 27.3 Å². The smallest absolute Gasteiger partial charge is 0.255 e. The number of nitrogens with zero attached hydrogens (tertiary/aromatic N) is 1. The van der Waals surface area contributed by atoms with Gasteiger partial charge in [0, 0.05) is 4.47 Å². The molecule has 0 fully saturated rings. The minimum atomic E-state index is -3.62. The zero-order chi connectivity index (χ0) is 15.0. The van der Waals surface area contributed by atoms with Gasteiger partial charge in [0.25, 0.3) is 10.0 Å². The molecular weight excluding hydrogens is 372 g/mol. The molecule has 4 nitrogen and oxygen atoms in total. The first-order valence-corrected chi connectivity index (χ1v) is 9.19. The second-order valence-corrected chi connectivity index (χ2v) is 8.07. The fourth-order valence-electron chi connectivity index (χ4n) is 1.87. The van der Waals surface area contributed by atoms with Gasteiger partial charge in [-0.15, -0.1) is 0 Å². The van der Waals surface area contributed by atoms with Gasteiger partial charge in [-0.2, -0.15) is 0 Å². The van der Waals surface area contributed by atoms with Crippen molar-refractivity contribution in [2.24, 2.45) is 0 Å². The van der Waals surface area contributed by atoms with Gasteiger partial charge in [0.15, 0.2) is 5.13 Å². The maximum Gasteiger partial charge on any atom is 0.263 e. The molecule has 0 radical (unpaired) electrons. The van der Waals surface area contributed by atoms with Crippen molar-refractivity contribution in [3.8, 4) is 0 Å². The maximum absolute atomic E-state index is 12.4. The Bertz CT molecular complexity index is 887. The molecule has 0 bridgehead atoms. The monoisotopic (exact) mass is 382 g/mol. The van der Waals surface area contributed by atoms with Gasteiger partial charge in [-0.3, -0.25) is 4.72 Å². The Morgan fingerprint density at radius 2 is 1.95 bits per heavy atom. The number of hydrogen-bond acceptors (Lipinski definition) is 4. The third-order valence-corrected chi connectivity index (χ3v) is 6.26. The quantitative estimate of drug-likeness (QED) is 0.739. The van der Waals surface area contributed by atoms with Crippen molar-refractivity contribution < 1.29 is 8.42 Å². The highest BCUT2D eigenvalue weighted by Gasteiger charge is 2.17. The van der Waals surface area contributed by atoms with Crippen LogP contribution in [-0.4, -0.2) is 13.4 Å². The summed E-state index contributed by atoms with van der Waals surface area (Å²) in [6.45, 7) is 1.85. The summed E-state index contributed by atoms with van der Waals surface area (Å²) in [6.07, 6.45) is 0. The standard InChI is InChI=1S/C14H11BrN2O2S2/c1-9-8-10(6-7-11(9)15)21(18,19)17-14-16-12-4-2-3-5-13(12)20-14/h2-8H,1H3,(H,16,17). The Kier molecular flexibility index (Phi) is 3.73. The van der Waals surface area contributed by atoms with Crippen molar-refractivity contribution in [1.29, 1.82) is 0 Å². The van der Waals surface area contributed by atoms with Gasteiger partial charge < -0.3 is 0 Å². The van der Waals surface area contributed by atoms with Crippen molar-refractivity contribution in [1.82, 2.24) is 4.98 Å². The number of sulfonamides is 1. The Morgan fingerprint density at radius 3 is 2.67 bits per heavy atom. The molecule has 1 heterocycles. The minimum Gasteiger partial charge on any atom is -0.255 e. The number of aryl methyl sites for hydroxylation is 1. The highest BCUT2D eigenvalue weighted by atomic mass is 79.9. The van der Waals surface area contributed by atoms with E-state index in [2.05, 4.69) is 25.6 Å². The molecule has 1 N–H and O–H groups in total. The van der Waals surface area contributed by atoms with Gasteiger partial charge in [0.1, 0.15) is 0 Å². The van der Waals surface area contributed by atoms with Crippen LogP contribution in [0.4, 0.5) is 5.13 Å². The summed E-state index contributed by atoms with van der Waals surface area (Å²) in [5.74, 6) is 0. The van der Waals surface area contributed by atoms with E-state index in [0.717, 1.165) is 20.3 Å². The molecule has 2 aromatic carbocycles. The van der Waals surface area contributed by atoms with Crippen molar-refractivity contribution in [2.45, 2.75) is 11.8 Å². The largest absolute Gasteiger partial charge is 0.263 e. The van der Waals surface area contributed by atoms with E-state index in [1.54, 1.807) is 18.2 Å². The van der Waals surface area contributed by atoms with E-state index < -0.39 is 10.0 Å². The molecule has 108 valence electrons. The number of nitrogens with one attached hydrogen (secondary N) is 1. The predicted octanol–water partition coefficient (Wildman–Crippen LogP) is 4.17. The van der Waals surface area contributed by atoms with E-state index in [-0.39, 0.29) is 4.90 Å². The molecule has 1 aromatic heterocycles. The van der Waals surface area contributed by atoms with Crippen LogP contribution in [0, 0.1) is 6.92 Å². The molecule has 3 rings (SSSR count). The molecule has 0 saturated heterocycles. The summed E-state index contributed by atoms with van der Waals surface area (Å²) in [6, 6.07) is 12.5. The number of para-hydroxylation sites is 1. The van der Waals surface area contributed by atoms with Crippen LogP contribution in [0.1, 0.15) is 5.56 Å². The summed E-state index contributed by atoms with van der Waals surface area (Å²) >= 11 is 4.68. The summed E-state index contributed by atoms with van der Waals surface area (Å²) in [7, 11) is -3.62. The summed E-state index contributed by atoms with van der Waals surface area (Å²) in [4.78, 5) is 4.51. The molecule has 0 saturated carbocycles. The van der Waals surface area contributed by atoms with Crippen LogP contribution in [0.15, 0.2) is 51.8 Å². The molecule has 0 aliphatic rings. The number of rotatable bonds is 3. The second-order valence-electron chi connectivity index (χ2n) is 4.50. The van der Waals surface area contributed by atoms with Crippen LogP contribution in [0.2, 0.25) is 0 Å². The molecule has 0 aliphatic carbocycles. The van der Waals surface area contributed by atoms with Gasteiger partial charge in [0.05, 0.1) is 15.1 Å². The molecule has 0 atom stereocenters. The predicted molar refractivity (Wildman–Crippen MR) is 89.3 cm³/mol. The Balaban J connectivity index is 1.96. The summed E-state index contributed by atoms with van der Waals surface area (Å²) in [5.41, 5.74) is 1.65. The molecule has 7 heteroatoms. The first-order chi connectivity index (χ1) is 9.95. The van der Waals surface area contributed by atoms with E-state index in [0.29, 0.717) is 5.13 Å². The van der Waals surface area contributed by atoms with E-state index >= 15 is 0 Å². The molecule has 3 aromatic rings. The third-order valence-electron chi connectivity index (χ3n) is 2.96. The van der Waals surface area contributed by atoms with Gasteiger partial charge in [-0.1, -0.05) is 39.4 Å². The third kappa shape index (κ3) is 2.95. The fraction of sp³-hybridized carbons (Fsp3) is 0.0714. The molecule has 0 spiro atoms. The zero-order valence-electron chi connectivity index (χ0n) is 11.0.